The molecule has 0 aliphatic carbocycles. The van der Waals surface area contributed by atoms with Crippen molar-refractivity contribution in [2.75, 3.05) is 6.54 Å². The smallest absolute Gasteiger partial charge is 0.339 e. The van der Waals surface area contributed by atoms with Crippen LogP contribution in [0.3, 0.4) is 0 Å². The minimum atomic E-state index is -1.88. The summed E-state index contributed by atoms with van der Waals surface area (Å²) in [6.45, 7) is 0.231. The van der Waals surface area contributed by atoms with Crippen molar-refractivity contribution in [3.05, 3.63) is 0 Å². The molecule has 102 valence electrons. The van der Waals surface area contributed by atoms with E-state index in [4.69, 9.17) is 21.7 Å². The third-order valence-corrected chi connectivity index (χ3v) is 2.22. The van der Waals surface area contributed by atoms with E-state index in [1.165, 1.54) is 0 Å². The summed E-state index contributed by atoms with van der Waals surface area (Å²) in [4.78, 5) is 41.5. The third-order valence-electron chi connectivity index (χ3n) is 2.22. The van der Waals surface area contributed by atoms with Gasteiger partial charge in [-0.15, -0.1) is 0 Å². The fraction of sp³-hybridized carbons (Fsp3) is 0.556. The van der Waals surface area contributed by atoms with Crippen LogP contribution in [0.2, 0.25) is 0 Å². The lowest BCUT2D eigenvalue weighted by molar-refractivity contribution is -0.150. The van der Waals surface area contributed by atoms with Crippen LogP contribution in [-0.4, -0.2) is 46.0 Å². The number of carboxylic acid groups (broad SMARTS) is 2. The molecule has 1 fully saturated rings. The summed E-state index contributed by atoms with van der Waals surface area (Å²) in [5.41, 5.74) is 7.83. The van der Waals surface area contributed by atoms with Crippen LogP contribution in [0.4, 0.5) is 0 Å². The standard InChI is InChI=1S/C6H8N2O4.C3H7NO2/c7-4(10)6(5(11)12)2-1-3(9)8-6;4-2-1-3(5)6/h1-2H2,(H2,7,10)(H,8,9)(H,11,12);1-2,4H2,(H,5,6)/t6-;/m1./s1. The van der Waals surface area contributed by atoms with Gasteiger partial charge in [0.15, 0.2) is 0 Å². The molecule has 1 aliphatic heterocycles. The Morgan fingerprint density at radius 2 is 1.89 bits per heavy atom. The van der Waals surface area contributed by atoms with Crippen molar-refractivity contribution in [2.45, 2.75) is 24.8 Å². The Kier molecular flexibility index (Phi) is 5.76. The topological polar surface area (TPSA) is 173 Å². The third kappa shape index (κ3) is 4.01. The van der Waals surface area contributed by atoms with E-state index in [9.17, 15) is 19.2 Å². The van der Waals surface area contributed by atoms with Crippen LogP contribution in [0.5, 0.6) is 0 Å². The van der Waals surface area contributed by atoms with Crippen molar-refractivity contribution < 1.29 is 29.4 Å². The summed E-state index contributed by atoms with van der Waals surface area (Å²) in [5.74, 6) is -3.73. The van der Waals surface area contributed by atoms with Crippen LogP contribution in [0.25, 0.3) is 0 Å². The molecule has 1 rings (SSSR count). The molecule has 1 aliphatic rings. The Morgan fingerprint density at radius 3 is 2.00 bits per heavy atom. The number of hydrogen-bond donors (Lipinski definition) is 5. The van der Waals surface area contributed by atoms with E-state index in [1.807, 2.05) is 0 Å². The maximum atomic E-state index is 10.7. The summed E-state index contributed by atoms with van der Waals surface area (Å²) < 4.78 is 0. The first-order valence-corrected chi connectivity index (χ1v) is 5.02. The number of nitrogens with two attached hydrogens (primary N) is 2. The lowest BCUT2D eigenvalue weighted by Gasteiger charge is -2.18. The van der Waals surface area contributed by atoms with Gasteiger partial charge in [-0.05, 0) is 6.42 Å². The average molecular weight is 261 g/mol. The molecule has 0 saturated carbocycles. The van der Waals surface area contributed by atoms with Crippen LogP contribution in [0, 0.1) is 0 Å². The first-order valence-electron chi connectivity index (χ1n) is 5.02. The maximum Gasteiger partial charge on any atom is 0.339 e. The van der Waals surface area contributed by atoms with Crippen molar-refractivity contribution in [2.24, 2.45) is 11.5 Å². The van der Waals surface area contributed by atoms with E-state index in [0.717, 1.165) is 0 Å². The van der Waals surface area contributed by atoms with Crippen molar-refractivity contribution >= 4 is 23.8 Å². The average Bonchev–Trinajstić information content (AvgIpc) is 2.62. The van der Waals surface area contributed by atoms with Gasteiger partial charge in [-0.25, -0.2) is 4.79 Å². The van der Waals surface area contributed by atoms with Gasteiger partial charge >= 0.3 is 11.9 Å². The molecule has 2 amide bonds. The molecule has 1 heterocycles. The van der Waals surface area contributed by atoms with Gasteiger partial charge < -0.3 is 27.0 Å². The van der Waals surface area contributed by atoms with Gasteiger partial charge in [-0.3, -0.25) is 14.4 Å². The van der Waals surface area contributed by atoms with E-state index in [1.54, 1.807) is 0 Å². The molecular formula is C9H15N3O6. The van der Waals surface area contributed by atoms with Gasteiger partial charge in [0.2, 0.25) is 11.4 Å². The van der Waals surface area contributed by atoms with Gasteiger partial charge in [0.05, 0.1) is 6.42 Å². The fourth-order valence-electron chi connectivity index (χ4n) is 1.24. The van der Waals surface area contributed by atoms with Crippen LogP contribution in [0.1, 0.15) is 19.3 Å². The van der Waals surface area contributed by atoms with Crippen molar-refractivity contribution in [3.63, 3.8) is 0 Å². The van der Waals surface area contributed by atoms with Crippen LogP contribution >= 0.6 is 0 Å². The highest BCUT2D eigenvalue weighted by Crippen LogP contribution is 2.19. The Bertz CT molecular complexity index is 353. The summed E-state index contributed by atoms with van der Waals surface area (Å²) in [5, 5.41) is 18.5. The van der Waals surface area contributed by atoms with E-state index >= 15 is 0 Å². The second-order valence-corrected chi connectivity index (χ2v) is 3.56. The molecule has 1 saturated heterocycles. The minimum Gasteiger partial charge on any atom is -0.481 e. The number of aliphatic carboxylic acids is 2. The number of carbonyl (C=O) groups is 4. The van der Waals surface area contributed by atoms with Crippen molar-refractivity contribution in [1.82, 2.24) is 5.32 Å². The number of hydrogen-bond acceptors (Lipinski definition) is 5. The highest BCUT2D eigenvalue weighted by molar-refractivity contribution is 6.10. The van der Waals surface area contributed by atoms with Crippen LogP contribution in [0.15, 0.2) is 0 Å². The molecule has 1 atom stereocenters. The SMILES string of the molecule is NC(=O)[C@@]1(C(=O)O)CCC(=O)N1.NCCC(=O)O. The first-order chi connectivity index (χ1) is 8.26. The van der Waals surface area contributed by atoms with E-state index < -0.39 is 29.3 Å². The second-order valence-electron chi connectivity index (χ2n) is 3.56. The number of nitrogens with one attached hydrogen (secondary N) is 1. The summed E-state index contributed by atoms with van der Waals surface area (Å²) in [6.07, 6.45) is 0.0196. The number of amides is 2. The molecule has 9 heteroatoms. The van der Waals surface area contributed by atoms with E-state index in [0.29, 0.717) is 0 Å². The zero-order chi connectivity index (χ0) is 14.3. The molecule has 0 aromatic carbocycles. The fourth-order valence-corrected chi connectivity index (χ4v) is 1.24. The molecule has 0 radical (unpaired) electrons. The largest absolute Gasteiger partial charge is 0.481 e. The lowest BCUT2D eigenvalue weighted by atomic mass is 9.97. The van der Waals surface area contributed by atoms with Crippen LogP contribution < -0.4 is 16.8 Å². The molecule has 18 heavy (non-hydrogen) atoms. The van der Waals surface area contributed by atoms with Gasteiger partial charge in [-0.1, -0.05) is 0 Å². The minimum absolute atomic E-state index is 0.0231. The molecule has 7 N–H and O–H groups in total. The molecule has 0 unspecified atom stereocenters. The number of carboxylic acids is 2. The second kappa shape index (κ2) is 6.55. The number of primary amides is 1. The molecule has 0 aromatic heterocycles. The predicted octanol–water partition coefficient (Wildman–Crippen LogP) is -2.38. The van der Waals surface area contributed by atoms with Gasteiger partial charge in [0.25, 0.3) is 5.91 Å². The van der Waals surface area contributed by atoms with Crippen LogP contribution in [-0.2, 0) is 19.2 Å². The Labute approximate surface area is 102 Å². The summed E-state index contributed by atoms with van der Waals surface area (Å²) in [7, 11) is 0. The normalized spacial score (nSPS) is 21.5. The Balaban J connectivity index is 0.000000411. The number of carbonyl (C=O) groups excluding carboxylic acids is 2. The Morgan fingerprint density at radius 1 is 1.33 bits per heavy atom. The highest BCUT2D eigenvalue weighted by atomic mass is 16.4. The molecule has 0 spiro atoms. The van der Waals surface area contributed by atoms with Crippen molar-refractivity contribution in [3.8, 4) is 0 Å². The molecule has 0 aromatic rings. The van der Waals surface area contributed by atoms with Gasteiger partial charge in [-0.2, -0.15) is 0 Å². The van der Waals surface area contributed by atoms with Gasteiger partial charge in [0, 0.05) is 13.0 Å². The first kappa shape index (κ1) is 15.8. The highest BCUT2D eigenvalue weighted by Gasteiger charge is 2.50. The molecule has 9 nitrogen and oxygen atoms in total. The predicted molar refractivity (Wildman–Crippen MR) is 58.2 cm³/mol. The number of rotatable bonds is 4. The monoisotopic (exact) mass is 261 g/mol. The zero-order valence-electron chi connectivity index (χ0n) is 9.51. The zero-order valence-corrected chi connectivity index (χ0v) is 9.51. The summed E-state index contributed by atoms with van der Waals surface area (Å²) >= 11 is 0. The lowest BCUT2D eigenvalue weighted by Crippen LogP contribution is -2.58. The van der Waals surface area contributed by atoms with Crippen molar-refractivity contribution in [1.29, 1.82) is 0 Å². The molecular weight excluding hydrogens is 246 g/mol. The van der Waals surface area contributed by atoms with E-state index in [2.05, 4.69) is 5.32 Å². The van der Waals surface area contributed by atoms with E-state index in [-0.39, 0.29) is 25.8 Å². The quantitative estimate of drug-likeness (QED) is 0.351. The Hall–Kier alpha value is -2.16. The molecule has 0 bridgehead atoms. The maximum absolute atomic E-state index is 10.7. The summed E-state index contributed by atoms with van der Waals surface area (Å²) in [6, 6.07) is 0. The van der Waals surface area contributed by atoms with Gasteiger partial charge in [0.1, 0.15) is 0 Å².